The Kier molecular flexibility index (Phi) is 5.20. The summed E-state index contributed by atoms with van der Waals surface area (Å²) in [7, 11) is 0. The Morgan fingerprint density at radius 2 is 1.76 bits per heavy atom. The van der Waals surface area contributed by atoms with Crippen LogP contribution in [0.2, 0.25) is 0 Å². The van der Waals surface area contributed by atoms with Gasteiger partial charge >= 0.3 is 0 Å². The summed E-state index contributed by atoms with van der Waals surface area (Å²) >= 11 is 0. The highest BCUT2D eigenvalue weighted by molar-refractivity contribution is 5.77. The highest BCUT2D eigenvalue weighted by Gasteiger charge is 2.19. The minimum Gasteiger partial charge on any atom is -0.388 e. The van der Waals surface area contributed by atoms with Crippen LogP contribution in [0.3, 0.4) is 0 Å². The van der Waals surface area contributed by atoms with Crippen molar-refractivity contribution in [3.05, 3.63) is 72.1 Å². The highest BCUT2D eigenvalue weighted by atomic mass is 16.5. The number of rotatable bonds is 6. The summed E-state index contributed by atoms with van der Waals surface area (Å²) < 4.78 is 5.24. The molecule has 1 heterocycles. The number of hydrogen-bond donors (Lipinski definition) is 2. The van der Waals surface area contributed by atoms with Gasteiger partial charge < -0.3 is 14.9 Å². The Morgan fingerprint density at radius 1 is 1.12 bits per heavy atom. The van der Waals surface area contributed by atoms with E-state index in [2.05, 4.69) is 15.5 Å². The molecule has 0 aliphatic heterocycles. The first-order valence-corrected chi connectivity index (χ1v) is 8.05. The predicted molar refractivity (Wildman–Crippen MR) is 92.3 cm³/mol. The summed E-state index contributed by atoms with van der Waals surface area (Å²) in [5, 5.41) is 16.8. The lowest BCUT2D eigenvalue weighted by Crippen LogP contribution is -2.28. The van der Waals surface area contributed by atoms with E-state index in [0.29, 0.717) is 17.3 Å². The smallest absolute Gasteiger partial charge is 0.257 e. The molecule has 3 rings (SSSR count). The molecule has 0 saturated heterocycles. The number of nitrogens with zero attached hydrogens (tertiary/aromatic N) is 2. The van der Waals surface area contributed by atoms with E-state index in [0.717, 1.165) is 5.56 Å². The molecule has 0 bridgehead atoms. The summed E-state index contributed by atoms with van der Waals surface area (Å²) in [5.74, 6) is 0.511. The van der Waals surface area contributed by atoms with Crippen molar-refractivity contribution in [2.45, 2.75) is 25.5 Å². The number of aliphatic hydroxyl groups is 1. The molecule has 2 aromatic carbocycles. The van der Waals surface area contributed by atoms with Crippen LogP contribution in [0.1, 0.15) is 36.9 Å². The summed E-state index contributed by atoms with van der Waals surface area (Å²) in [6.45, 7) is 1.77. The van der Waals surface area contributed by atoms with Gasteiger partial charge in [-0.05, 0) is 24.6 Å². The molecule has 1 aromatic heterocycles. The van der Waals surface area contributed by atoms with E-state index in [1.807, 2.05) is 48.5 Å². The van der Waals surface area contributed by atoms with Gasteiger partial charge in [0.2, 0.25) is 5.91 Å². The number of nitrogens with one attached hydrogen (secondary N) is 1. The zero-order chi connectivity index (χ0) is 17.6. The van der Waals surface area contributed by atoms with Crippen LogP contribution in [-0.2, 0) is 4.79 Å². The molecular formula is C19H19N3O3. The van der Waals surface area contributed by atoms with E-state index >= 15 is 0 Å². The van der Waals surface area contributed by atoms with Gasteiger partial charge in [0, 0.05) is 5.56 Å². The summed E-state index contributed by atoms with van der Waals surface area (Å²) in [6.07, 6.45) is -0.879. The van der Waals surface area contributed by atoms with Crippen molar-refractivity contribution in [3.8, 4) is 11.5 Å². The first-order valence-electron chi connectivity index (χ1n) is 8.05. The molecule has 0 radical (unpaired) electrons. The SMILES string of the molecule is CC(NC(=O)CC(O)c1ccccc1)c1noc(-c2ccccc2)n1. The number of aliphatic hydroxyl groups excluding tert-OH is 1. The van der Waals surface area contributed by atoms with Crippen LogP contribution in [0.15, 0.2) is 65.2 Å². The lowest BCUT2D eigenvalue weighted by atomic mass is 10.1. The van der Waals surface area contributed by atoms with Crippen LogP contribution in [0.4, 0.5) is 0 Å². The molecule has 0 aliphatic carbocycles. The number of aromatic nitrogens is 2. The molecule has 0 aliphatic rings. The van der Waals surface area contributed by atoms with Crippen LogP contribution >= 0.6 is 0 Å². The normalized spacial score (nSPS) is 13.2. The predicted octanol–water partition coefficient (Wildman–Crippen LogP) is 3.04. The third-order valence-corrected chi connectivity index (χ3v) is 3.79. The fourth-order valence-electron chi connectivity index (χ4n) is 2.44. The van der Waals surface area contributed by atoms with Gasteiger partial charge in [-0.1, -0.05) is 53.7 Å². The molecule has 0 fully saturated rings. The second kappa shape index (κ2) is 7.72. The minimum absolute atomic E-state index is 0.0300. The topological polar surface area (TPSA) is 88.2 Å². The molecule has 2 unspecified atom stereocenters. The van der Waals surface area contributed by atoms with E-state index in [1.165, 1.54) is 0 Å². The molecule has 2 N–H and O–H groups in total. The average molecular weight is 337 g/mol. The third kappa shape index (κ3) is 4.30. The van der Waals surface area contributed by atoms with Crippen LogP contribution in [0.25, 0.3) is 11.5 Å². The van der Waals surface area contributed by atoms with Gasteiger partial charge in [-0.3, -0.25) is 4.79 Å². The van der Waals surface area contributed by atoms with Gasteiger partial charge in [0.25, 0.3) is 5.89 Å². The van der Waals surface area contributed by atoms with Crippen LogP contribution in [0, 0.1) is 0 Å². The largest absolute Gasteiger partial charge is 0.388 e. The van der Waals surface area contributed by atoms with Crippen molar-refractivity contribution < 1.29 is 14.4 Å². The van der Waals surface area contributed by atoms with Gasteiger partial charge in [-0.25, -0.2) is 0 Å². The Morgan fingerprint density at radius 3 is 2.44 bits per heavy atom. The molecule has 0 spiro atoms. The van der Waals surface area contributed by atoms with E-state index in [1.54, 1.807) is 19.1 Å². The monoisotopic (exact) mass is 337 g/mol. The molecule has 6 heteroatoms. The van der Waals surface area contributed by atoms with E-state index < -0.39 is 12.1 Å². The summed E-state index contributed by atoms with van der Waals surface area (Å²) in [5.41, 5.74) is 1.52. The van der Waals surface area contributed by atoms with Gasteiger partial charge in [0.05, 0.1) is 18.6 Å². The maximum absolute atomic E-state index is 12.1. The average Bonchev–Trinajstić information content (AvgIpc) is 3.13. The van der Waals surface area contributed by atoms with E-state index in [-0.39, 0.29) is 12.3 Å². The van der Waals surface area contributed by atoms with Crippen molar-refractivity contribution in [2.24, 2.45) is 0 Å². The fourth-order valence-corrected chi connectivity index (χ4v) is 2.44. The Balaban J connectivity index is 1.59. The fraction of sp³-hybridized carbons (Fsp3) is 0.211. The number of carbonyl (C=O) groups is 1. The minimum atomic E-state index is -0.849. The van der Waals surface area contributed by atoms with Crippen molar-refractivity contribution in [3.63, 3.8) is 0 Å². The highest BCUT2D eigenvalue weighted by Crippen LogP contribution is 2.20. The lowest BCUT2D eigenvalue weighted by molar-refractivity contribution is -0.123. The number of hydrogen-bond acceptors (Lipinski definition) is 5. The van der Waals surface area contributed by atoms with E-state index in [4.69, 9.17) is 4.52 Å². The second-order valence-corrected chi connectivity index (χ2v) is 5.74. The maximum atomic E-state index is 12.1. The number of benzene rings is 2. The summed E-state index contributed by atoms with van der Waals surface area (Å²) in [6, 6.07) is 18.1. The first kappa shape index (κ1) is 16.9. The van der Waals surface area contributed by atoms with Crippen LogP contribution in [0.5, 0.6) is 0 Å². The Bertz CT molecular complexity index is 818. The van der Waals surface area contributed by atoms with Crippen molar-refractivity contribution in [2.75, 3.05) is 0 Å². The van der Waals surface area contributed by atoms with Gasteiger partial charge in [-0.15, -0.1) is 0 Å². The van der Waals surface area contributed by atoms with Gasteiger partial charge in [0.1, 0.15) is 0 Å². The Labute approximate surface area is 145 Å². The zero-order valence-corrected chi connectivity index (χ0v) is 13.8. The molecule has 0 saturated carbocycles. The molecule has 2 atom stereocenters. The van der Waals surface area contributed by atoms with Crippen LogP contribution < -0.4 is 5.32 Å². The molecule has 1 amide bonds. The molecule has 128 valence electrons. The lowest BCUT2D eigenvalue weighted by Gasteiger charge is -2.13. The number of carbonyl (C=O) groups excluding carboxylic acids is 1. The van der Waals surface area contributed by atoms with Crippen molar-refractivity contribution >= 4 is 5.91 Å². The van der Waals surface area contributed by atoms with Gasteiger partial charge in [0.15, 0.2) is 5.82 Å². The van der Waals surface area contributed by atoms with E-state index in [9.17, 15) is 9.90 Å². The quantitative estimate of drug-likeness (QED) is 0.722. The molecule has 3 aromatic rings. The summed E-state index contributed by atoms with van der Waals surface area (Å²) in [4.78, 5) is 16.4. The standard InChI is InChI=1S/C19H19N3O3/c1-13(18-21-19(25-22-18)15-10-6-3-7-11-15)20-17(24)12-16(23)14-8-4-2-5-9-14/h2-11,13,16,23H,12H2,1H3,(H,20,24). The Hall–Kier alpha value is -2.99. The third-order valence-electron chi connectivity index (χ3n) is 3.79. The van der Waals surface area contributed by atoms with Crippen LogP contribution in [-0.4, -0.2) is 21.2 Å². The molecule has 25 heavy (non-hydrogen) atoms. The zero-order valence-electron chi connectivity index (χ0n) is 13.8. The van der Waals surface area contributed by atoms with Crippen molar-refractivity contribution in [1.82, 2.24) is 15.5 Å². The van der Waals surface area contributed by atoms with Crippen molar-refractivity contribution in [1.29, 1.82) is 0 Å². The molecular weight excluding hydrogens is 318 g/mol. The van der Waals surface area contributed by atoms with Gasteiger partial charge in [-0.2, -0.15) is 4.98 Å². The molecule has 6 nitrogen and oxygen atoms in total. The first-order chi connectivity index (χ1) is 12.1. The maximum Gasteiger partial charge on any atom is 0.257 e. The second-order valence-electron chi connectivity index (χ2n) is 5.74. The number of amides is 1.